The highest BCUT2D eigenvalue weighted by molar-refractivity contribution is 7.94. The summed E-state index contributed by atoms with van der Waals surface area (Å²) in [7, 11) is -22.9. The number of aliphatic hydroxyl groups is 4. The van der Waals surface area contributed by atoms with E-state index in [0.29, 0.717) is 22.3 Å². The van der Waals surface area contributed by atoms with Crippen LogP contribution in [0.15, 0.2) is 243 Å². The molecule has 0 fully saturated rings. The van der Waals surface area contributed by atoms with Gasteiger partial charge in [-0.3, -0.25) is 38.8 Å². The number of ether oxygens (including phenoxy) is 4. The van der Waals surface area contributed by atoms with Gasteiger partial charge in [-0.05, 0) is 168 Å². The van der Waals surface area contributed by atoms with E-state index < -0.39 is 133 Å². The van der Waals surface area contributed by atoms with E-state index in [1.807, 2.05) is 76.2 Å². The molecule has 136 heavy (non-hydrogen) atoms. The van der Waals surface area contributed by atoms with Gasteiger partial charge in [-0.2, -0.15) is 86.4 Å². The largest absolute Gasteiger partial charge is 0.516 e. The molecule has 0 spiro atoms. The lowest BCUT2D eigenvalue weighted by atomic mass is 9.82. The molecule has 0 saturated carbocycles. The van der Waals surface area contributed by atoms with Gasteiger partial charge in [0.15, 0.2) is 0 Å². The molecule has 8 N–H and O–H groups in total. The van der Waals surface area contributed by atoms with Crippen LogP contribution in [0.3, 0.4) is 0 Å². The van der Waals surface area contributed by atoms with Crippen molar-refractivity contribution in [2.45, 2.75) is 97.8 Å². The van der Waals surface area contributed by atoms with Gasteiger partial charge in [-0.1, -0.05) is 100 Å². The number of sulfonamides is 4. The van der Waals surface area contributed by atoms with Crippen LogP contribution in [0.1, 0.15) is 121 Å². The number of hydrogen-bond donors (Lipinski definition) is 8. The van der Waals surface area contributed by atoms with Gasteiger partial charge in [0.2, 0.25) is 0 Å². The van der Waals surface area contributed by atoms with E-state index in [9.17, 15) is 124 Å². The number of rotatable bonds is 20. The summed E-state index contributed by atoms with van der Waals surface area (Å²) >= 11 is 0. The molecular formula is C92H80F16N8O16S4. The average molecular weight is 1990 g/mol. The fourth-order valence-corrected chi connectivity index (χ4v) is 18.0. The van der Waals surface area contributed by atoms with Crippen molar-refractivity contribution in [1.82, 2.24) is 19.9 Å². The number of aliphatic hydroxyl groups excluding tert-OH is 4. The first-order chi connectivity index (χ1) is 63.9. The normalized spacial score (nSPS) is 19.1. The van der Waals surface area contributed by atoms with Gasteiger partial charge in [0.1, 0.15) is 46.3 Å². The summed E-state index contributed by atoms with van der Waals surface area (Å²) in [5, 5.41) is 43.9. The Morgan fingerprint density at radius 2 is 0.478 bits per heavy atom. The highest BCUT2D eigenvalue weighted by Crippen LogP contribution is 2.51. The van der Waals surface area contributed by atoms with Crippen LogP contribution in [-0.2, 0) is 40.1 Å². The SMILES string of the molecule is C[C@@H](c1ccccn1)[C@@H]1COc2cc(-c3cc(F)ccc3NS(=O)(=O)C(F)(F)F)ccc2[C@@H]1O.C[C@@H](c1ccccn1)[C@H]1COc2cc(-c3cc(F)ccc3NS(=O)(=O)C(F)(F)F)ccc2[C@@H]1O.C[C@H](c1ccccn1)[C@@H]1COc2cc(-c3cc(F)ccc3NS(=O)(=O)C(F)(F)F)ccc2[C@H]1O.C[C@H](c1ccccn1)[C@H]1COc2cc(-c3cc(F)ccc3NS(=O)(=O)C(F)(F)F)ccc2[C@@H]1O. The number of nitrogens with zero attached hydrogens (tertiary/aromatic N) is 4. The minimum Gasteiger partial charge on any atom is -0.493 e. The van der Waals surface area contributed by atoms with E-state index >= 15 is 0 Å². The molecule has 0 amide bonds. The lowest BCUT2D eigenvalue weighted by molar-refractivity contribution is -0.0435. The van der Waals surface area contributed by atoms with Crippen LogP contribution in [0.4, 0.5) is 93.0 Å². The number of pyridine rings is 4. The van der Waals surface area contributed by atoms with Crippen molar-refractivity contribution in [1.29, 1.82) is 0 Å². The van der Waals surface area contributed by atoms with Crippen molar-refractivity contribution in [3.8, 4) is 67.5 Å². The van der Waals surface area contributed by atoms with Gasteiger partial charge in [-0.25, -0.2) is 17.6 Å². The Morgan fingerprint density at radius 1 is 0.287 bits per heavy atom. The first-order valence-corrected chi connectivity index (χ1v) is 46.8. The third-order valence-electron chi connectivity index (χ3n) is 23.2. The molecule has 720 valence electrons. The molecule has 0 saturated heterocycles. The molecule has 4 aliphatic heterocycles. The highest BCUT2D eigenvalue weighted by atomic mass is 32.2. The average Bonchev–Trinajstić information content (AvgIpc) is 0.775. The predicted octanol–water partition coefficient (Wildman–Crippen LogP) is 20.0. The van der Waals surface area contributed by atoms with E-state index in [1.54, 1.807) is 49.1 Å². The molecule has 44 heteroatoms. The van der Waals surface area contributed by atoms with Crippen molar-refractivity contribution in [2.75, 3.05) is 45.3 Å². The summed E-state index contributed by atoms with van der Waals surface area (Å²) in [5.74, 6) is -3.77. The maximum absolute atomic E-state index is 13.9. The van der Waals surface area contributed by atoms with Crippen molar-refractivity contribution >= 4 is 62.8 Å². The molecule has 0 aliphatic carbocycles. The Balaban J connectivity index is 0.000000153. The fourth-order valence-electron chi connectivity index (χ4n) is 15.6. The number of aromatic nitrogens is 4. The Bertz CT molecular complexity index is 6010. The summed E-state index contributed by atoms with van der Waals surface area (Å²) in [6.45, 7) is 8.27. The molecule has 8 aromatic carbocycles. The number of alkyl halides is 12. The van der Waals surface area contributed by atoms with Gasteiger partial charge < -0.3 is 39.4 Å². The Labute approximate surface area is 767 Å². The monoisotopic (exact) mass is 1980 g/mol. The zero-order chi connectivity index (χ0) is 98.7. The van der Waals surface area contributed by atoms with Gasteiger partial charge in [0, 0.05) is 139 Å². The molecular weight excluding hydrogens is 1910 g/mol. The van der Waals surface area contributed by atoms with Crippen molar-refractivity contribution < 1.29 is 143 Å². The van der Waals surface area contributed by atoms with Crippen LogP contribution in [0.5, 0.6) is 23.0 Å². The lowest BCUT2D eigenvalue weighted by Gasteiger charge is -2.34. The molecule has 4 aromatic heterocycles. The van der Waals surface area contributed by atoms with Gasteiger partial charge in [-0.15, -0.1) is 0 Å². The first kappa shape index (κ1) is 101. The minimum atomic E-state index is -5.71. The van der Waals surface area contributed by atoms with Crippen molar-refractivity contribution in [2.24, 2.45) is 23.7 Å². The zero-order valence-corrected chi connectivity index (χ0v) is 74.3. The van der Waals surface area contributed by atoms with Crippen LogP contribution in [0.2, 0.25) is 0 Å². The second-order valence-electron chi connectivity index (χ2n) is 31.8. The number of anilines is 4. The third kappa shape index (κ3) is 22.5. The lowest BCUT2D eigenvalue weighted by Crippen LogP contribution is -2.30. The second-order valence-corrected chi connectivity index (χ2v) is 38.5. The van der Waals surface area contributed by atoms with Crippen LogP contribution < -0.4 is 37.8 Å². The zero-order valence-electron chi connectivity index (χ0n) is 71.0. The van der Waals surface area contributed by atoms with Crippen molar-refractivity contribution in [3.05, 3.63) is 311 Å². The summed E-state index contributed by atoms with van der Waals surface area (Å²) in [6.07, 6.45) is 2.99. The van der Waals surface area contributed by atoms with E-state index in [4.69, 9.17) is 18.9 Å². The van der Waals surface area contributed by atoms with Crippen LogP contribution in [0, 0.1) is 46.9 Å². The van der Waals surface area contributed by atoms with E-state index in [2.05, 4.69) is 19.9 Å². The predicted molar refractivity (Wildman–Crippen MR) is 468 cm³/mol. The molecule has 0 unspecified atom stereocenters. The molecule has 24 nitrogen and oxygen atoms in total. The summed E-state index contributed by atoms with van der Waals surface area (Å²) in [6, 6.07) is 50.3. The molecule has 0 radical (unpaired) electrons. The third-order valence-corrected chi connectivity index (χ3v) is 27.6. The summed E-state index contributed by atoms with van der Waals surface area (Å²) < 4.78 is 332. The van der Waals surface area contributed by atoms with Gasteiger partial charge in [0.05, 0.1) is 73.6 Å². The van der Waals surface area contributed by atoms with Crippen molar-refractivity contribution in [3.63, 3.8) is 0 Å². The van der Waals surface area contributed by atoms with E-state index in [1.165, 1.54) is 91.7 Å². The maximum Gasteiger partial charge on any atom is 0.516 e. The fraction of sp³-hybridized carbons (Fsp3) is 0.261. The number of benzene rings is 8. The van der Waals surface area contributed by atoms with E-state index in [0.717, 1.165) is 95.6 Å². The smallest absolute Gasteiger partial charge is 0.493 e. The highest BCUT2D eigenvalue weighted by Gasteiger charge is 2.50. The Hall–Kier alpha value is -12.7. The maximum atomic E-state index is 13.9. The number of nitrogens with one attached hydrogen (secondary N) is 4. The molecule has 12 aromatic rings. The van der Waals surface area contributed by atoms with Gasteiger partial charge >= 0.3 is 62.1 Å². The molecule has 0 bridgehead atoms. The van der Waals surface area contributed by atoms with Crippen LogP contribution in [0.25, 0.3) is 44.5 Å². The molecule has 12 atom stereocenters. The molecule has 4 aliphatic rings. The number of halogens is 16. The van der Waals surface area contributed by atoms with Gasteiger partial charge in [0.25, 0.3) is 0 Å². The Morgan fingerprint density at radius 3 is 0.647 bits per heavy atom. The standard InChI is InChI=1S/4C23H20F4N2O4S/c4*1-13(19-4-2-3-9-28-19)18-12-33-21-10-14(5-7-16(21)22(18)30)17-11-15(24)6-8-20(17)29-34(31,32)23(25,26)27/h4*2-11,13,18,22,29-30H,12H2,1H3/t13-,18+,22+;13-,18+,22-;2*13-,18-,22+/m1010/s1. The number of fused-ring (bicyclic) bond motifs is 4. The first-order valence-electron chi connectivity index (χ1n) is 40.9. The minimum absolute atomic E-state index is 0.113. The van der Waals surface area contributed by atoms with E-state index in [-0.39, 0.29) is 141 Å². The second kappa shape index (κ2) is 40.3. The summed E-state index contributed by atoms with van der Waals surface area (Å²) in [4.78, 5) is 17.3. The van der Waals surface area contributed by atoms with Crippen LogP contribution >= 0.6 is 0 Å². The Kier molecular flexibility index (Phi) is 29.8. The number of hydrogen-bond acceptors (Lipinski definition) is 20. The van der Waals surface area contributed by atoms with Crippen LogP contribution in [-0.4, -0.2) is 122 Å². The summed E-state index contributed by atoms with van der Waals surface area (Å²) in [5.41, 5.74) is -18.6. The molecule has 16 rings (SSSR count). The quantitative estimate of drug-likeness (QED) is 0.0329. The topological polar surface area (TPSA) is 354 Å². The molecule has 8 heterocycles.